The lowest BCUT2D eigenvalue weighted by molar-refractivity contribution is -0.640. The molecule has 0 radical (unpaired) electrons. The summed E-state index contributed by atoms with van der Waals surface area (Å²) in [6.07, 6.45) is 1.60. The monoisotopic (exact) mass is 274 g/mol. The molecule has 0 N–H and O–H groups in total. The minimum absolute atomic E-state index is 0.443. The van der Waals surface area contributed by atoms with Gasteiger partial charge in [0.15, 0.2) is 0 Å². The van der Waals surface area contributed by atoms with Crippen molar-refractivity contribution in [3.63, 3.8) is 0 Å². The van der Waals surface area contributed by atoms with E-state index in [2.05, 4.69) is 10.2 Å². The molecule has 104 valence electrons. The minimum atomic E-state index is 0.443. The van der Waals surface area contributed by atoms with Crippen LogP contribution < -0.4 is 9.58 Å². The number of aromatic nitrogens is 4. The van der Waals surface area contributed by atoms with Gasteiger partial charge >= 0.3 is 0 Å². The lowest BCUT2D eigenvalue weighted by atomic mass is 10.3. The molecule has 0 unspecified atom stereocenters. The van der Waals surface area contributed by atoms with E-state index in [1.54, 1.807) is 35.0 Å². The summed E-state index contributed by atoms with van der Waals surface area (Å²) in [6.45, 7) is 3.59. The van der Waals surface area contributed by atoms with Crippen LogP contribution in [0.15, 0.2) is 30.5 Å². The van der Waals surface area contributed by atoms with Crippen molar-refractivity contribution in [2.45, 2.75) is 6.92 Å². The fourth-order valence-corrected chi connectivity index (χ4v) is 1.99. The first-order valence-electron chi connectivity index (χ1n) is 6.37. The number of rotatable bonds is 5. The van der Waals surface area contributed by atoms with E-state index in [9.17, 15) is 5.21 Å². The standard InChI is InChI=1S/C13H14N4O3/c1-2-19-7-8-20-10-3-4-11-12(9-10)16-13(5-6-14-16)15-17(11)18/h3-6,9H,2,7-8H2,1H3. The predicted molar refractivity (Wildman–Crippen MR) is 71.4 cm³/mol. The molecule has 7 nitrogen and oxygen atoms in total. The Morgan fingerprint density at radius 2 is 2.20 bits per heavy atom. The van der Waals surface area contributed by atoms with Crippen molar-refractivity contribution in [1.29, 1.82) is 0 Å². The zero-order chi connectivity index (χ0) is 13.9. The van der Waals surface area contributed by atoms with Gasteiger partial charge in [0.2, 0.25) is 5.65 Å². The highest BCUT2D eigenvalue weighted by molar-refractivity contribution is 5.75. The highest BCUT2D eigenvalue weighted by Gasteiger charge is 2.12. The van der Waals surface area contributed by atoms with Crippen LogP contribution in [-0.4, -0.2) is 34.5 Å². The Morgan fingerprint density at radius 1 is 1.30 bits per heavy atom. The van der Waals surface area contributed by atoms with Gasteiger partial charge < -0.3 is 14.7 Å². The Morgan fingerprint density at radius 3 is 3.05 bits per heavy atom. The summed E-state index contributed by atoms with van der Waals surface area (Å²) in [6, 6.07) is 6.86. The Labute approximate surface area is 114 Å². The third kappa shape index (κ3) is 2.23. The molecule has 20 heavy (non-hydrogen) atoms. The van der Waals surface area contributed by atoms with E-state index in [0.717, 1.165) is 0 Å². The molecule has 0 bridgehead atoms. The van der Waals surface area contributed by atoms with Gasteiger partial charge in [-0.2, -0.15) is 5.10 Å². The van der Waals surface area contributed by atoms with E-state index < -0.39 is 0 Å². The average molecular weight is 274 g/mol. The van der Waals surface area contributed by atoms with Crippen molar-refractivity contribution in [3.05, 3.63) is 35.7 Å². The molecule has 1 aromatic carbocycles. The maximum atomic E-state index is 11.8. The zero-order valence-electron chi connectivity index (χ0n) is 11.0. The molecule has 0 fully saturated rings. The van der Waals surface area contributed by atoms with Crippen molar-refractivity contribution in [1.82, 2.24) is 14.7 Å². The molecule has 3 rings (SSSR count). The van der Waals surface area contributed by atoms with Crippen molar-refractivity contribution >= 4 is 16.7 Å². The van der Waals surface area contributed by atoms with Crippen molar-refractivity contribution in [3.8, 4) is 5.75 Å². The topological polar surface area (TPSA) is 75.6 Å². The molecule has 7 heteroatoms. The predicted octanol–water partition coefficient (Wildman–Crippen LogP) is 0.931. The molecule has 0 aliphatic rings. The van der Waals surface area contributed by atoms with E-state index in [1.165, 1.54) is 0 Å². The lowest BCUT2D eigenvalue weighted by Crippen LogP contribution is -2.33. The molecule has 0 aliphatic carbocycles. The Bertz CT molecular complexity index is 741. The van der Waals surface area contributed by atoms with Gasteiger partial charge in [0, 0.05) is 29.9 Å². The van der Waals surface area contributed by atoms with Gasteiger partial charge in [-0.15, -0.1) is 0 Å². The molecule has 2 heterocycles. The van der Waals surface area contributed by atoms with Gasteiger partial charge in [0.05, 0.1) is 12.8 Å². The van der Waals surface area contributed by atoms with E-state index in [4.69, 9.17) is 9.47 Å². The first kappa shape index (κ1) is 12.6. The fraction of sp³-hybridized carbons (Fsp3) is 0.308. The van der Waals surface area contributed by atoms with Crippen molar-refractivity contribution in [2.24, 2.45) is 0 Å². The number of ether oxygens (including phenoxy) is 2. The maximum Gasteiger partial charge on any atom is 0.270 e. The third-order valence-electron chi connectivity index (χ3n) is 2.90. The SMILES string of the molecule is CCOCCOc1ccc2c(c1)n1nccc1n[n+]2[O-]. The molecule has 2 aromatic heterocycles. The highest BCUT2D eigenvalue weighted by atomic mass is 16.5. The fourth-order valence-electron chi connectivity index (χ4n) is 1.99. The van der Waals surface area contributed by atoms with E-state index in [0.29, 0.717) is 47.1 Å². The van der Waals surface area contributed by atoms with Crippen LogP contribution in [0, 0.1) is 5.21 Å². The molecule has 0 saturated carbocycles. The second-order valence-electron chi connectivity index (χ2n) is 4.17. The van der Waals surface area contributed by atoms with Crippen molar-refractivity contribution < 1.29 is 14.3 Å². The molecule has 0 spiro atoms. The summed E-state index contributed by atoms with van der Waals surface area (Å²) in [7, 11) is 0. The Hall–Kier alpha value is -2.41. The molecule has 0 atom stereocenters. The summed E-state index contributed by atoms with van der Waals surface area (Å²) in [5.41, 5.74) is 1.60. The van der Waals surface area contributed by atoms with Crippen LogP contribution >= 0.6 is 0 Å². The number of benzene rings is 1. The van der Waals surface area contributed by atoms with Crippen LogP contribution in [0.1, 0.15) is 6.92 Å². The van der Waals surface area contributed by atoms with E-state index >= 15 is 0 Å². The Kier molecular flexibility index (Phi) is 3.34. The van der Waals surface area contributed by atoms with E-state index in [-0.39, 0.29) is 0 Å². The number of hydrogen-bond donors (Lipinski definition) is 0. The molecule has 0 saturated heterocycles. The van der Waals surface area contributed by atoms with Crippen molar-refractivity contribution in [2.75, 3.05) is 19.8 Å². The minimum Gasteiger partial charge on any atom is -0.594 e. The number of fused-ring (bicyclic) bond motifs is 3. The molecular formula is C13H14N4O3. The average Bonchev–Trinajstić information content (AvgIpc) is 2.92. The summed E-state index contributed by atoms with van der Waals surface area (Å²) >= 11 is 0. The Balaban J connectivity index is 1.96. The first-order chi connectivity index (χ1) is 9.79. The third-order valence-corrected chi connectivity index (χ3v) is 2.90. The largest absolute Gasteiger partial charge is 0.594 e. The van der Waals surface area contributed by atoms with Crippen LogP contribution in [0.25, 0.3) is 16.7 Å². The van der Waals surface area contributed by atoms with Crippen LogP contribution in [0.2, 0.25) is 0 Å². The molecule has 0 amide bonds. The summed E-state index contributed by atoms with van der Waals surface area (Å²) < 4.78 is 12.4. The van der Waals surface area contributed by atoms with Crippen LogP contribution in [0.5, 0.6) is 5.75 Å². The highest BCUT2D eigenvalue weighted by Crippen LogP contribution is 2.18. The van der Waals surface area contributed by atoms with Gasteiger partial charge in [-0.3, -0.25) is 0 Å². The quantitative estimate of drug-likeness (QED) is 0.393. The first-order valence-corrected chi connectivity index (χ1v) is 6.37. The maximum absolute atomic E-state index is 11.8. The van der Waals surface area contributed by atoms with Gasteiger partial charge in [-0.05, 0) is 17.8 Å². The van der Waals surface area contributed by atoms with E-state index in [1.807, 2.05) is 6.92 Å². The second-order valence-corrected chi connectivity index (χ2v) is 4.17. The summed E-state index contributed by atoms with van der Waals surface area (Å²) in [5, 5.41) is 19.8. The smallest absolute Gasteiger partial charge is 0.270 e. The molecule has 0 aliphatic heterocycles. The normalized spacial score (nSPS) is 11.2. The number of hydrogen-bond acceptors (Lipinski definition) is 5. The van der Waals surface area contributed by atoms with Crippen LogP contribution in [-0.2, 0) is 4.74 Å². The lowest BCUT2D eigenvalue weighted by Gasteiger charge is -2.07. The summed E-state index contributed by atoms with van der Waals surface area (Å²) in [4.78, 5) is 0.594. The van der Waals surface area contributed by atoms with Gasteiger partial charge in [-0.1, -0.05) is 0 Å². The summed E-state index contributed by atoms with van der Waals surface area (Å²) in [5.74, 6) is 0.667. The van der Waals surface area contributed by atoms with Gasteiger partial charge in [0.25, 0.3) is 5.52 Å². The molecule has 3 aromatic rings. The van der Waals surface area contributed by atoms with Gasteiger partial charge in [-0.25, -0.2) is 4.52 Å². The van der Waals surface area contributed by atoms with Crippen LogP contribution in [0.3, 0.4) is 0 Å². The second kappa shape index (κ2) is 5.30. The number of nitrogens with zero attached hydrogens (tertiary/aromatic N) is 4. The van der Waals surface area contributed by atoms with Gasteiger partial charge in [0.1, 0.15) is 17.9 Å². The van der Waals surface area contributed by atoms with Crippen LogP contribution in [0.4, 0.5) is 0 Å². The molecular weight excluding hydrogens is 260 g/mol. The zero-order valence-corrected chi connectivity index (χ0v) is 11.0.